The van der Waals surface area contributed by atoms with E-state index in [1.165, 1.54) is 38.3 Å². The number of benzene rings is 2. The van der Waals surface area contributed by atoms with Crippen LogP contribution >= 0.6 is 0 Å². The van der Waals surface area contributed by atoms with Gasteiger partial charge in [0.2, 0.25) is 0 Å². The van der Waals surface area contributed by atoms with Gasteiger partial charge in [-0.05, 0) is 74.8 Å². The van der Waals surface area contributed by atoms with E-state index in [9.17, 15) is 184 Å². The van der Waals surface area contributed by atoms with Gasteiger partial charge in [-0.3, -0.25) is 0 Å². The highest BCUT2D eigenvalue weighted by Crippen LogP contribution is 2.25. The van der Waals surface area contributed by atoms with E-state index in [4.69, 9.17) is 8.23 Å². The third-order valence-electron chi connectivity index (χ3n) is 13.7. The van der Waals surface area contributed by atoms with Crippen LogP contribution in [-0.4, -0.2) is 336 Å². The molecule has 0 aliphatic carbocycles. The van der Waals surface area contributed by atoms with E-state index in [0.717, 1.165) is 0 Å². The molecule has 0 heterocycles. The van der Waals surface area contributed by atoms with Crippen molar-refractivity contribution in [3.05, 3.63) is 59.7 Å². The summed E-state index contributed by atoms with van der Waals surface area (Å²) in [5.41, 5.74) is 1.16. The summed E-state index contributed by atoms with van der Waals surface area (Å²) in [6.07, 6.45) is 1.51. The second-order valence-corrected chi connectivity index (χ2v) is 227. The van der Waals surface area contributed by atoms with Crippen molar-refractivity contribution < 1.29 is 192 Å². The Labute approximate surface area is 659 Å². The summed E-state index contributed by atoms with van der Waals surface area (Å²) in [7, 11) is -190. The third kappa shape index (κ3) is 28.4. The van der Waals surface area contributed by atoms with E-state index >= 15 is 0 Å². The molecule has 0 spiro atoms. The summed E-state index contributed by atoms with van der Waals surface area (Å²) in [5.74, 6) is 0.0154. The van der Waals surface area contributed by atoms with Gasteiger partial charge in [-0.25, -0.2) is 0 Å². The lowest BCUT2D eigenvalue weighted by Crippen LogP contribution is -2.58. The van der Waals surface area contributed by atoms with Crippen molar-refractivity contribution in [2.45, 2.75) is 77.1 Å². The normalized spacial score (nSPS) is 10.8. The molecule has 0 fully saturated rings. The molecule has 85 heteroatoms. The van der Waals surface area contributed by atoms with E-state index in [1.54, 1.807) is 49.5 Å². The Hall–Kier alpha value is -0.891. The number of hydrogen-bond acceptors (Lipinski definition) is 43. The predicted molar refractivity (Wildman–Crippen MR) is 388 cm³/mol. The summed E-state index contributed by atoms with van der Waals surface area (Å²) in [5, 5.41) is 20.0. The van der Waals surface area contributed by atoms with Gasteiger partial charge in [-0.2, -0.15) is 0 Å². The molecule has 562 valence electrons. The predicted octanol–water partition coefficient (Wildman–Crippen LogP) is -12.7. The lowest BCUT2D eigenvalue weighted by atomic mass is 10.1. The van der Waals surface area contributed by atoms with Gasteiger partial charge in [0.25, 0.3) is 0 Å². The zero-order chi connectivity index (χ0) is 84.6. The van der Waals surface area contributed by atoms with Gasteiger partial charge in [-0.1, -0.05) is 62.0 Å². The minimum Gasteiger partial charge on any atom is -0.558 e. The quantitative estimate of drug-likeness (QED) is 0.0581. The fourth-order valence-corrected chi connectivity index (χ4v) is 487. The Morgan fingerprint density at radius 2 is 0.422 bits per heavy atom. The minimum atomic E-state index is -4.88. The maximum absolute atomic E-state index is 13.3. The SMILES string of the molecule is C[Si](C)(CCCc1ccccc1O)O[Si](C)(C)O[Si](=O)[Si](=O)[Si](=O)[Si](=O)[Si](=O)[Si](=O)[Si](=O)[Si](=O)[Si](=O)[Si](=O)[Si](=O)[Si](=O)[Si](=O)[Si](=O)[Si](=O)[Si](=O)[Si](=O)[Si](=O)[Si](=O)[Si](=O)[Si](=O)[Si](=O)[Si](=O)[Si](=O)[Si](=O)[Si](=O)[Si](=O)[Si](=O)[Si](=O)[Si](=O)[Si](=O)[Si](=O)[Si](=O)[Si](=O)[Si](=O)[Si](=O)[Si](=O)[Si](=O)[Si](=O)[Si](C)(C)CCCc1ccccc1O. The van der Waals surface area contributed by atoms with Gasteiger partial charge < -0.3 is 192 Å². The van der Waals surface area contributed by atoms with Gasteiger partial charge in [0.1, 0.15) is 19.1 Å². The van der Waals surface area contributed by atoms with Crippen LogP contribution in [0.3, 0.4) is 0 Å². The van der Waals surface area contributed by atoms with Crippen molar-refractivity contribution in [2.75, 3.05) is 0 Å². The summed E-state index contributed by atoms with van der Waals surface area (Å²) < 4.78 is 518. The molecule has 0 saturated heterocycles. The molecule has 43 nitrogen and oxygen atoms in total. The summed E-state index contributed by atoms with van der Waals surface area (Å²) >= 11 is 0. The van der Waals surface area contributed by atoms with Crippen LogP contribution in [0.1, 0.15) is 24.0 Å². The maximum Gasteiger partial charge on any atom is 0.533 e. The van der Waals surface area contributed by atoms with Crippen molar-refractivity contribution in [1.82, 2.24) is 0 Å². The summed E-state index contributed by atoms with van der Waals surface area (Å²) in [4.78, 5) is 0. The van der Waals surface area contributed by atoms with Crippen LogP contribution < -0.4 is 0 Å². The molecule has 0 aromatic heterocycles. The molecule has 0 radical (unpaired) electrons. The van der Waals surface area contributed by atoms with Crippen LogP contribution in [0.4, 0.5) is 0 Å². The standard InChI is InChI=1S/C24H40O43Si42/c1-107(2,19-11-15-21-13-7-9-17-23(21)25)67-109(5,6)66-68(27)69(28)70(29)71(30)72(31)73(32)74(33)75(34)76(35)77(36)78(37)79(38)80(39)81(40)82(41)83(42)84(43)85(44)86(45)87(46)88(47)89(48)90(49)91(50)92(51)93(52)94(53)95(54)96(55)97(56)98(57)99(58)100(59)101(60)102(61)103(62)104(63)105(64)106(65)108(3,4)20-12-16-22-14-8-10-18-24(22)26/h7-10,13-14,17-18,25-26H,11-12,15-16,19-20H2,1-6H3. The molecule has 0 unspecified atom stereocenters. The lowest BCUT2D eigenvalue weighted by molar-refractivity contribution is 0.374. The molecule has 2 N–H and O–H groups in total. The average Bonchev–Trinajstić information content (AvgIpc) is 0.821. The molecule has 0 saturated carbocycles. The number of aryl methyl sites for hydroxylation is 2. The van der Waals surface area contributed by atoms with Gasteiger partial charge in [0.15, 0.2) is 8.32 Å². The highest BCUT2D eigenvalue weighted by Gasteiger charge is 2.61. The van der Waals surface area contributed by atoms with Crippen LogP contribution in [-0.2, 0) is 195 Å². The largest absolute Gasteiger partial charge is 0.558 e. The van der Waals surface area contributed by atoms with E-state index < -0.39 is 326 Å². The third-order valence-corrected chi connectivity index (χ3v) is 335. The second-order valence-electron chi connectivity index (χ2n) is 23.0. The molecule has 0 aliphatic rings. The van der Waals surface area contributed by atoms with Crippen molar-refractivity contribution in [1.29, 1.82) is 0 Å². The van der Waals surface area contributed by atoms with E-state index in [2.05, 4.69) is 0 Å². The molecule has 2 aromatic rings. The van der Waals surface area contributed by atoms with Crippen molar-refractivity contribution in [2.24, 2.45) is 0 Å². The topological polar surface area (TPSA) is 725 Å². The first kappa shape index (κ1) is 104. The Bertz CT molecular complexity index is 4970. The maximum atomic E-state index is 13.3. The number of hydrogen-bond donors (Lipinski definition) is 2. The lowest BCUT2D eigenvalue weighted by Gasteiger charge is -2.33. The summed E-state index contributed by atoms with van der Waals surface area (Å²) in [6, 6.07) is 13.3. The van der Waals surface area contributed by atoms with Crippen LogP contribution in [0.5, 0.6) is 11.5 Å². The Balaban J connectivity index is 2.05. The van der Waals surface area contributed by atoms with Gasteiger partial charge in [-0.15, -0.1) is 0 Å². The molecule has 2 rings (SSSR count). The fraction of sp³-hybridized carbons (Fsp3) is 0.500. The highest BCUT2D eigenvalue weighted by molar-refractivity contribution is 7.86. The van der Waals surface area contributed by atoms with Crippen LogP contribution in [0.2, 0.25) is 51.4 Å². The number of aromatic hydroxyl groups is 2. The van der Waals surface area contributed by atoms with Crippen molar-refractivity contribution in [3.63, 3.8) is 0 Å². The molecule has 2 aromatic carbocycles. The monoisotopic (exact) mass is 2190 g/mol. The van der Waals surface area contributed by atoms with E-state index in [-0.39, 0.29) is 30.4 Å². The molecule has 0 aliphatic heterocycles. The molecule has 0 atom stereocenters. The van der Waals surface area contributed by atoms with Gasteiger partial charge in [0.05, 0.1) is 0 Å². The molecule has 0 bridgehead atoms. The van der Waals surface area contributed by atoms with Crippen LogP contribution in [0.25, 0.3) is 0 Å². The summed E-state index contributed by atoms with van der Waals surface area (Å²) in [6.45, 7) is 9.23. The van der Waals surface area contributed by atoms with E-state index in [0.29, 0.717) is 30.0 Å². The Morgan fingerprint density at radius 1 is 0.248 bits per heavy atom. The average molecular weight is 2200 g/mol. The smallest absolute Gasteiger partial charge is 0.533 e. The zero-order valence-electron chi connectivity index (χ0n) is 55.5. The number of para-hydroxylation sites is 2. The van der Waals surface area contributed by atoms with Crippen LogP contribution in [0.15, 0.2) is 48.5 Å². The zero-order valence-corrected chi connectivity index (χ0v) is 97.5. The van der Waals surface area contributed by atoms with Crippen molar-refractivity contribution in [3.8, 4) is 11.5 Å². The first-order valence-corrected chi connectivity index (χ1v) is 132. The number of phenolic OH excluding ortho intramolecular Hbond substituents is 2. The Kier molecular flexibility index (Phi) is 43.9. The number of rotatable bonds is 51. The van der Waals surface area contributed by atoms with Crippen molar-refractivity contribution >= 4 is 326 Å². The number of phenols is 2. The molecular formula is C24H40O43Si42. The molecule has 0 amide bonds. The van der Waals surface area contributed by atoms with Crippen LogP contribution in [0, 0.1) is 0 Å². The van der Waals surface area contributed by atoms with Gasteiger partial charge in [0, 0.05) is 0 Å². The Morgan fingerprint density at radius 3 is 0.624 bits per heavy atom. The fourth-order valence-electron chi connectivity index (χ4n) is 8.10. The first-order chi connectivity index (χ1) is 49.9. The first-order valence-electron chi connectivity index (χ1n) is 29.0. The minimum absolute atomic E-state index is 0.0469. The van der Waals surface area contributed by atoms with Gasteiger partial charge >= 0.3 is 310 Å². The highest BCUT2D eigenvalue weighted by atomic mass is 30.2. The molecule has 109 heavy (non-hydrogen) atoms. The molecular weight excluding hydrogens is 2160 g/mol. The van der Waals surface area contributed by atoms with E-state index in [1.807, 2.05) is 0 Å². The second kappa shape index (κ2) is 45.9.